The molecule has 0 aromatic heterocycles. The van der Waals surface area contributed by atoms with Gasteiger partial charge in [-0.1, -0.05) is 66.8 Å². The molecule has 6 nitrogen and oxygen atoms in total. The zero-order valence-electron chi connectivity index (χ0n) is 21.2. The molecule has 0 aliphatic heterocycles. The number of nitrogens with zero attached hydrogens (tertiary/aromatic N) is 4. The first kappa shape index (κ1) is 27.6. The second kappa shape index (κ2) is 12.9. The molecule has 0 spiro atoms. The molecule has 37 heavy (non-hydrogen) atoms. The maximum atomic E-state index is 9.62. The number of nitrogens with two attached hydrogens (primary N) is 2. The van der Waals surface area contributed by atoms with Gasteiger partial charge in [-0.15, -0.1) is 0 Å². The van der Waals surface area contributed by atoms with Crippen LogP contribution in [-0.2, 0) is 0 Å². The van der Waals surface area contributed by atoms with E-state index in [2.05, 4.69) is 60.7 Å². The van der Waals surface area contributed by atoms with Gasteiger partial charge in [0.1, 0.15) is 0 Å². The van der Waals surface area contributed by atoms with Crippen LogP contribution in [0.5, 0.6) is 0 Å². The van der Waals surface area contributed by atoms with Crippen molar-refractivity contribution < 1.29 is 0 Å². The lowest BCUT2D eigenvalue weighted by atomic mass is 9.50. The summed E-state index contributed by atoms with van der Waals surface area (Å²) in [6, 6.07) is 18.3. The average Bonchev–Trinajstić information content (AvgIpc) is 2.92. The van der Waals surface area contributed by atoms with Gasteiger partial charge in [0.2, 0.25) is 0 Å². The van der Waals surface area contributed by atoms with Gasteiger partial charge < -0.3 is 11.5 Å². The monoisotopic (exact) mass is 490 g/mol. The third-order valence-corrected chi connectivity index (χ3v) is 7.84. The van der Waals surface area contributed by atoms with Gasteiger partial charge in [-0.3, -0.25) is 0 Å². The number of allylic oxidation sites excluding steroid dienone is 4. The van der Waals surface area contributed by atoms with Crippen molar-refractivity contribution in [2.45, 2.75) is 69.4 Å². The van der Waals surface area contributed by atoms with Crippen LogP contribution in [0.3, 0.4) is 0 Å². The molecule has 4 atom stereocenters. The molecule has 0 amide bonds. The summed E-state index contributed by atoms with van der Waals surface area (Å²) in [6.07, 6.45) is 16.2. The molecule has 2 aliphatic rings. The molecule has 4 unspecified atom stereocenters. The van der Waals surface area contributed by atoms with Crippen molar-refractivity contribution in [3.63, 3.8) is 0 Å². The van der Waals surface area contributed by atoms with E-state index in [1.807, 2.05) is 30.4 Å². The Morgan fingerprint density at radius 1 is 0.676 bits per heavy atom. The summed E-state index contributed by atoms with van der Waals surface area (Å²) >= 11 is 0. The Bertz CT molecular complexity index is 1150. The third-order valence-electron chi connectivity index (χ3n) is 7.84. The Hall–Kier alpha value is -3.94. The smallest absolute Gasteiger partial charge is 0.0625 e. The predicted molar refractivity (Wildman–Crippen MR) is 144 cm³/mol. The van der Waals surface area contributed by atoms with Crippen molar-refractivity contribution in [1.82, 2.24) is 0 Å². The van der Waals surface area contributed by atoms with Crippen LogP contribution in [0.25, 0.3) is 0 Å². The highest BCUT2D eigenvalue weighted by Gasteiger charge is 2.54. The fourth-order valence-corrected chi connectivity index (χ4v) is 6.04. The van der Waals surface area contributed by atoms with E-state index in [1.165, 1.54) is 0 Å². The van der Waals surface area contributed by atoms with Crippen LogP contribution in [0.1, 0.15) is 62.8 Å². The highest BCUT2D eigenvalue weighted by atomic mass is 14.8. The highest BCUT2D eigenvalue weighted by Crippen LogP contribution is 2.59. The topological polar surface area (TPSA) is 147 Å². The van der Waals surface area contributed by atoms with Gasteiger partial charge in [0.05, 0.1) is 24.3 Å². The van der Waals surface area contributed by atoms with Crippen LogP contribution in [0.4, 0.5) is 0 Å². The van der Waals surface area contributed by atoms with Gasteiger partial charge in [-0.25, -0.2) is 0 Å². The fourth-order valence-electron chi connectivity index (χ4n) is 6.04. The van der Waals surface area contributed by atoms with Crippen molar-refractivity contribution in [3.05, 3.63) is 83.5 Å². The molecule has 0 saturated carbocycles. The lowest BCUT2D eigenvalue weighted by molar-refractivity contribution is 0.115. The lowest BCUT2D eigenvalue weighted by Crippen LogP contribution is -2.55. The van der Waals surface area contributed by atoms with Crippen LogP contribution in [0.15, 0.2) is 77.9 Å². The molecule has 4 N–H and O–H groups in total. The van der Waals surface area contributed by atoms with Crippen LogP contribution in [-0.4, -0.2) is 12.1 Å². The molecule has 0 saturated heterocycles. The summed E-state index contributed by atoms with van der Waals surface area (Å²) in [5, 5.41) is 37.4. The van der Waals surface area contributed by atoms with Crippen molar-refractivity contribution in [3.8, 4) is 24.3 Å². The van der Waals surface area contributed by atoms with Gasteiger partial charge in [0, 0.05) is 54.5 Å². The zero-order valence-corrected chi connectivity index (χ0v) is 21.2. The molecule has 2 aliphatic carbocycles. The van der Waals surface area contributed by atoms with E-state index in [4.69, 9.17) is 22.0 Å². The highest BCUT2D eigenvalue weighted by molar-refractivity contribution is 5.43. The molecule has 6 heteroatoms. The Morgan fingerprint density at radius 3 is 1.49 bits per heavy atom. The first-order chi connectivity index (χ1) is 18.0. The molecule has 0 heterocycles. The first-order valence-corrected chi connectivity index (χ1v) is 12.8. The zero-order chi connectivity index (χ0) is 26.7. The van der Waals surface area contributed by atoms with E-state index in [0.717, 1.165) is 16.7 Å². The number of nitriles is 4. The molecule has 1 aromatic carbocycles. The number of hydrogen-bond donors (Lipinski definition) is 2. The van der Waals surface area contributed by atoms with Gasteiger partial charge in [-0.05, 0) is 42.4 Å². The summed E-state index contributed by atoms with van der Waals surface area (Å²) < 4.78 is 0. The minimum atomic E-state index is -0.636. The van der Waals surface area contributed by atoms with Crippen LogP contribution >= 0.6 is 0 Å². The van der Waals surface area contributed by atoms with Gasteiger partial charge in [-0.2, -0.15) is 21.0 Å². The van der Waals surface area contributed by atoms with Crippen LogP contribution in [0, 0.1) is 56.2 Å². The minimum Gasteiger partial charge on any atom is -0.324 e. The molecule has 188 valence electrons. The van der Waals surface area contributed by atoms with E-state index in [1.54, 1.807) is 0 Å². The second-order valence-corrected chi connectivity index (χ2v) is 9.90. The van der Waals surface area contributed by atoms with Crippen LogP contribution in [0.2, 0.25) is 0 Å². The minimum absolute atomic E-state index is 0.220. The van der Waals surface area contributed by atoms with Gasteiger partial charge >= 0.3 is 0 Å². The normalized spacial score (nSPS) is 27.1. The molecule has 1 aromatic rings. The molecular weight excluding hydrogens is 456 g/mol. The maximum Gasteiger partial charge on any atom is 0.0625 e. The molecular formula is C31H34N6. The van der Waals surface area contributed by atoms with E-state index in [-0.39, 0.29) is 5.92 Å². The predicted octanol–water partition coefficient (Wildman–Crippen LogP) is 5.61. The number of benzene rings is 1. The molecule has 3 rings (SSSR count). The number of rotatable bonds is 11. The second-order valence-electron chi connectivity index (χ2n) is 9.90. The van der Waals surface area contributed by atoms with Crippen molar-refractivity contribution in [1.29, 1.82) is 21.0 Å². The summed E-state index contributed by atoms with van der Waals surface area (Å²) in [5.41, 5.74) is 15.8. The largest absolute Gasteiger partial charge is 0.324 e. The van der Waals surface area contributed by atoms with E-state index in [0.29, 0.717) is 51.4 Å². The quantitative estimate of drug-likeness (QED) is 0.412. The summed E-state index contributed by atoms with van der Waals surface area (Å²) in [6.45, 7) is 0. The first-order valence-electron chi connectivity index (χ1n) is 12.8. The molecule has 0 fully saturated rings. The summed E-state index contributed by atoms with van der Waals surface area (Å²) in [7, 11) is 0. The number of hydrogen-bond acceptors (Lipinski definition) is 6. The Balaban J connectivity index is 2.22. The Morgan fingerprint density at radius 2 is 1.11 bits per heavy atom. The van der Waals surface area contributed by atoms with E-state index >= 15 is 0 Å². The SMILES string of the molecule is N#CCCC1=CC(N)C(CCC#N)(C(c2ccccc2)C2(CCC#N)C=CC(CCC#N)=CC2N)C=C1. The summed E-state index contributed by atoms with van der Waals surface area (Å²) in [5.74, 6) is -0.220. The van der Waals surface area contributed by atoms with E-state index in [9.17, 15) is 10.5 Å². The van der Waals surface area contributed by atoms with Crippen LogP contribution < -0.4 is 11.5 Å². The summed E-state index contributed by atoms with van der Waals surface area (Å²) in [4.78, 5) is 0. The molecule has 0 bridgehead atoms. The van der Waals surface area contributed by atoms with Gasteiger partial charge in [0.25, 0.3) is 0 Å². The van der Waals surface area contributed by atoms with E-state index < -0.39 is 22.9 Å². The third kappa shape index (κ3) is 5.90. The standard InChI is InChI=1S/C31H34N6/c32-18-4-8-24-12-16-30(14-6-20-34,27(36)22-24)29(26-10-2-1-3-11-26)31(15-7-21-35)17-13-25(9-5-19-33)23-28(31)37/h1-3,10-13,16-17,22-23,27-29H,4-9,14-15,36-37H2. The van der Waals surface area contributed by atoms with Crippen molar-refractivity contribution in [2.24, 2.45) is 22.3 Å². The Kier molecular flexibility index (Phi) is 9.60. The van der Waals surface area contributed by atoms with Gasteiger partial charge in [0.15, 0.2) is 0 Å². The molecule has 0 radical (unpaired) electrons. The van der Waals surface area contributed by atoms with Crippen molar-refractivity contribution in [2.75, 3.05) is 0 Å². The lowest BCUT2D eigenvalue weighted by Gasteiger charge is -2.54. The average molecular weight is 491 g/mol. The maximum absolute atomic E-state index is 9.62. The Labute approximate surface area is 220 Å². The van der Waals surface area contributed by atoms with Crippen molar-refractivity contribution >= 4 is 0 Å². The fraction of sp³-hybridized carbons (Fsp3) is 0.419.